The molecule has 2 heterocycles. The summed E-state index contributed by atoms with van der Waals surface area (Å²) in [5.41, 5.74) is 0. The minimum atomic E-state index is -0.134. The highest BCUT2D eigenvalue weighted by atomic mass is 32.1. The van der Waals surface area contributed by atoms with E-state index in [1.165, 1.54) is 18.3 Å². The lowest BCUT2D eigenvalue weighted by atomic mass is 10.1. The van der Waals surface area contributed by atoms with Gasteiger partial charge in [-0.25, -0.2) is 0 Å². The van der Waals surface area contributed by atoms with E-state index in [9.17, 15) is 9.59 Å². The maximum Gasteiger partial charge on any atom is 0.264 e. The van der Waals surface area contributed by atoms with Crippen LogP contribution in [0, 0.1) is 5.92 Å². The van der Waals surface area contributed by atoms with E-state index in [2.05, 4.69) is 5.32 Å². The van der Waals surface area contributed by atoms with Gasteiger partial charge in [0.25, 0.3) is 5.91 Å². The van der Waals surface area contributed by atoms with Crippen molar-refractivity contribution in [1.82, 2.24) is 4.90 Å². The predicted octanol–water partition coefficient (Wildman–Crippen LogP) is 1.55. The molecular weight excluding hydrogens is 264 g/mol. The highest BCUT2D eigenvalue weighted by Gasteiger charge is 2.27. The Morgan fingerprint density at radius 3 is 3.00 bits per heavy atom. The molecule has 1 fully saturated rings. The smallest absolute Gasteiger partial charge is 0.264 e. The normalized spacial score (nSPS) is 18.6. The summed E-state index contributed by atoms with van der Waals surface area (Å²) in [6, 6.07) is 3.50. The van der Waals surface area contributed by atoms with Crippen molar-refractivity contribution in [3.8, 4) is 0 Å². The topological polar surface area (TPSA) is 69.6 Å². The fourth-order valence-corrected chi connectivity index (χ4v) is 3.20. The van der Waals surface area contributed by atoms with Gasteiger partial charge in [0.15, 0.2) is 0 Å². The van der Waals surface area contributed by atoms with Crippen LogP contribution >= 0.6 is 11.3 Å². The van der Waals surface area contributed by atoms with E-state index in [1.807, 2.05) is 4.90 Å². The number of anilines is 1. The molecule has 0 aliphatic carbocycles. The molecule has 0 bridgehead atoms. The number of carbonyl (C=O) groups excluding carboxylic acids is 2. The van der Waals surface area contributed by atoms with Crippen LogP contribution in [0.15, 0.2) is 12.1 Å². The first kappa shape index (κ1) is 14.0. The SMILES string of the molecule is CC(=O)Nc1ccc(C(=O)N2CCC(CCO)C2)s1. The number of hydrogen-bond acceptors (Lipinski definition) is 4. The number of rotatable bonds is 4. The van der Waals surface area contributed by atoms with Crippen LogP contribution < -0.4 is 5.32 Å². The summed E-state index contributed by atoms with van der Waals surface area (Å²) in [6.45, 7) is 3.09. The van der Waals surface area contributed by atoms with Gasteiger partial charge in [-0.1, -0.05) is 0 Å². The molecule has 2 rings (SSSR count). The Balaban J connectivity index is 1.96. The average Bonchev–Trinajstić information content (AvgIpc) is 2.97. The van der Waals surface area contributed by atoms with Crippen LogP contribution in [0.2, 0.25) is 0 Å². The molecule has 0 spiro atoms. The minimum Gasteiger partial charge on any atom is -0.396 e. The van der Waals surface area contributed by atoms with Crippen LogP contribution in [0.4, 0.5) is 5.00 Å². The molecule has 0 aromatic carbocycles. The van der Waals surface area contributed by atoms with Crippen LogP contribution in [0.25, 0.3) is 0 Å². The molecule has 0 radical (unpaired) electrons. The van der Waals surface area contributed by atoms with Crippen LogP contribution in [-0.2, 0) is 4.79 Å². The van der Waals surface area contributed by atoms with Crippen LogP contribution in [0.5, 0.6) is 0 Å². The molecule has 1 aliphatic rings. The van der Waals surface area contributed by atoms with Gasteiger partial charge in [-0.2, -0.15) is 0 Å². The Hall–Kier alpha value is -1.40. The lowest BCUT2D eigenvalue weighted by Crippen LogP contribution is -2.28. The highest BCUT2D eigenvalue weighted by Crippen LogP contribution is 2.26. The molecular formula is C13H18N2O3S. The van der Waals surface area contributed by atoms with Gasteiger partial charge in [-0.15, -0.1) is 11.3 Å². The molecule has 19 heavy (non-hydrogen) atoms. The van der Waals surface area contributed by atoms with Crippen molar-refractivity contribution in [3.63, 3.8) is 0 Å². The van der Waals surface area contributed by atoms with Crippen molar-refractivity contribution in [2.45, 2.75) is 19.8 Å². The van der Waals surface area contributed by atoms with E-state index in [4.69, 9.17) is 5.11 Å². The first-order valence-electron chi connectivity index (χ1n) is 6.37. The van der Waals surface area contributed by atoms with Crippen LogP contribution in [0.1, 0.15) is 29.4 Å². The minimum absolute atomic E-state index is 0.0158. The van der Waals surface area contributed by atoms with Crippen molar-refractivity contribution in [1.29, 1.82) is 0 Å². The summed E-state index contributed by atoms with van der Waals surface area (Å²) in [7, 11) is 0. The number of carbonyl (C=O) groups is 2. The largest absolute Gasteiger partial charge is 0.396 e. The van der Waals surface area contributed by atoms with Gasteiger partial charge >= 0.3 is 0 Å². The molecule has 1 saturated heterocycles. The second-order valence-corrected chi connectivity index (χ2v) is 5.85. The first-order chi connectivity index (χ1) is 9.10. The van der Waals surface area contributed by atoms with E-state index in [-0.39, 0.29) is 18.4 Å². The fourth-order valence-electron chi connectivity index (χ4n) is 2.28. The van der Waals surface area contributed by atoms with Crippen molar-refractivity contribution < 1.29 is 14.7 Å². The maximum absolute atomic E-state index is 12.3. The van der Waals surface area contributed by atoms with Gasteiger partial charge in [0.05, 0.1) is 9.88 Å². The molecule has 0 saturated carbocycles. The van der Waals surface area contributed by atoms with Gasteiger partial charge in [-0.05, 0) is 30.9 Å². The summed E-state index contributed by atoms with van der Waals surface area (Å²) >= 11 is 1.30. The van der Waals surface area contributed by atoms with Gasteiger partial charge in [-0.3, -0.25) is 9.59 Å². The summed E-state index contributed by atoms with van der Waals surface area (Å²) < 4.78 is 0. The molecule has 5 nitrogen and oxygen atoms in total. The zero-order valence-corrected chi connectivity index (χ0v) is 11.7. The number of likely N-dealkylation sites (tertiary alicyclic amines) is 1. The second-order valence-electron chi connectivity index (χ2n) is 4.76. The van der Waals surface area contributed by atoms with Crippen molar-refractivity contribution in [3.05, 3.63) is 17.0 Å². The molecule has 6 heteroatoms. The zero-order chi connectivity index (χ0) is 13.8. The maximum atomic E-state index is 12.3. The van der Waals surface area contributed by atoms with Gasteiger partial charge in [0.2, 0.25) is 5.91 Å². The zero-order valence-electron chi connectivity index (χ0n) is 10.9. The van der Waals surface area contributed by atoms with E-state index in [0.717, 1.165) is 19.4 Å². The Morgan fingerprint density at radius 1 is 1.53 bits per heavy atom. The molecule has 1 unspecified atom stereocenters. The number of thiophene rings is 1. The number of aliphatic hydroxyl groups is 1. The quantitative estimate of drug-likeness (QED) is 0.880. The van der Waals surface area contributed by atoms with Gasteiger partial charge in [0.1, 0.15) is 0 Å². The van der Waals surface area contributed by atoms with E-state index in [0.29, 0.717) is 22.3 Å². The first-order valence-corrected chi connectivity index (χ1v) is 7.19. The molecule has 1 aromatic heterocycles. The van der Waals surface area contributed by atoms with Crippen molar-refractivity contribution in [2.75, 3.05) is 25.0 Å². The monoisotopic (exact) mass is 282 g/mol. The highest BCUT2D eigenvalue weighted by molar-refractivity contribution is 7.18. The third kappa shape index (κ3) is 3.54. The van der Waals surface area contributed by atoms with Crippen LogP contribution in [0.3, 0.4) is 0 Å². The van der Waals surface area contributed by atoms with Crippen LogP contribution in [-0.4, -0.2) is 41.5 Å². The predicted molar refractivity (Wildman–Crippen MR) is 74.3 cm³/mol. The van der Waals surface area contributed by atoms with Gasteiger partial charge < -0.3 is 15.3 Å². The Kier molecular flexibility index (Phi) is 4.55. The van der Waals surface area contributed by atoms with E-state index >= 15 is 0 Å². The Morgan fingerprint density at radius 2 is 2.32 bits per heavy atom. The standard InChI is InChI=1S/C13H18N2O3S/c1-9(17)14-12-3-2-11(19-12)13(18)15-6-4-10(8-15)5-7-16/h2-3,10,16H,4-8H2,1H3,(H,14,17). The number of aliphatic hydroxyl groups excluding tert-OH is 1. The average molecular weight is 282 g/mol. The van der Waals surface area contributed by atoms with Crippen molar-refractivity contribution in [2.24, 2.45) is 5.92 Å². The summed E-state index contributed by atoms with van der Waals surface area (Å²) in [5, 5.41) is 12.3. The Labute approximate surface area is 116 Å². The van der Waals surface area contributed by atoms with E-state index in [1.54, 1.807) is 12.1 Å². The van der Waals surface area contributed by atoms with E-state index < -0.39 is 0 Å². The molecule has 1 atom stereocenters. The third-order valence-corrected chi connectivity index (χ3v) is 4.22. The molecule has 1 aliphatic heterocycles. The molecule has 2 N–H and O–H groups in total. The number of hydrogen-bond donors (Lipinski definition) is 2. The molecule has 2 amide bonds. The summed E-state index contributed by atoms with van der Waals surface area (Å²) in [6.07, 6.45) is 1.71. The Bertz CT molecular complexity index is 472. The number of amides is 2. The van der Waals surface area contributed by atoms with Crippen molar-refractivity contribution >= 4 is 28.2 Å². The fraction of sp³-hybridized carbons (Fsp3) is 0.538. The molecule has 104 valence electrons. The summed E-state index contributed by atoms with van der Waals surface area (Å²) in [5.74, 6) is 0.288. The molecule has 1 aromatic rings. The lowest BCUT2D eigenvalue weighted by molar-refractivity contribution is -0.114. The number of nitrogens with one attached hydrogen (secondary N) is 1. The third-order valence-electron chi connectivity index (χ3n) is 3.23. The lowest BCUT2D eigenvalue weighted by Gasteiger charge is -2.15. The summed E-state index contributed by atoms with van der Waals surface area (Å²) in [4.78, 5) is 25.7. The number of nitrogens with zero attached hydrogens (tertiary/aromatic N) is 1. The van der Waals surface area contributed by atoms with Gasteiger partial charge in [0, 0.05) is 26.6 Å². The second kappa shape index (κ2) is 6.16.